The molecule has 0 saturated heterocycles. The van der Waals surface area contributed by atoms with Crippen molar-refractivity contribution in [1.29, 1.82) is 0 Å². The summed E-state index contributed by atoms with van der Waals surface area (Å²) in [6.07, 6.45) is -4.35. The van der Waals surface area contributed by atoms with Crippen molar-refractivity contribution in [3.05, 3.63) is 30.1 Å². The molecule has 0 fully saturated rings. The fourth-order valence-electron chi connectivity index (χ4n) is 1.06. The highest BCUT2D eigenvalue weighted by molar-refractivity contribution is 5.92. The molecule has 1 rings (SSSR count). The van der Waals surface area contributed by atoms with Gasteiger partial charge in [-0.05, 0) is 24.3 Å². The van der Waals surface area contributed by atoms with Crippen LogP contribution in [0.15, 0.2) is 24.3 Å². The first-order valence-electron chi connectivity index (χ1n) is 4.70. The lowest BCUT2D eigenvalue weighted by Gasteiger charge is -2.08. The summed E-state index contributed by atoms with van der Waals surface area (Å²) >= 11 is 0. The van der Waals surface area contributed by atoms with Gasteiger partial charge in [0.2, 0.25) is 5.91 Å². The van der Waals surface area contributed by atoms with Crippen LogP contribution in [-0.2, 0) is 4.79 Å². The normalized spacial score (nSPS) is 11.3. The lowest BCUT2D eigenvalue weighted by atomic mass is 10.3. The van der Waals surface area contributed by atoms with Crippen molar-refractivity contribution in [2.45, 2.75) is 6.18 Å². The fraction of sp³-hybridized carbons (Fsp3) is 0.300. The van der Waals surface area contributed by atoms with Crippen LogP contribution in [0, 0.1) is 5.82 Å². The van der Waals surface area contributed by atoms with Gasteiger partial charge in [-0.15, -0.1) is 0 Å². The van der Waals surface area contributed by atoms with Gasteiger partial charge < -0.3 is 10.6 Å². The molecule has 94 valence electrons. The molecule has 0 aliphatic carbocycles. The van der Waals surface area contributed by atoms with Gasteiger partial charge in [-0.1, -0.05) is 0 Å². The molecule has 1 aromatic rings. The van der Waals surface area contributed by atoms with E-state index in [1.807, 2.05) is 5.32 Å². The molecule has 0 bridgehead atoms. The first-order chi connectivity index (χ1) is 7.87. The highest BCUT2D eigenvalue weighted by Crippen LogP contribution is 2.12. The van der Waals surface area contributed by atoms with Crippen molar-refractivity contribution in [3.63, 3.8) is 0 Å². The van der Waals surface area contributed by atoms with E-state index in [0.29, 0.717) is 5.69 Å². The Kier molecular flexibility index (Phi) is 4.45. The maximum atomic E-state index is 12.5. The zero-order valence-electron chi connectivity index (χ0n) is 8.64. The van der Waals surface area contributed by atoms with Crippen molar-refractivity contribution >= 4 is 11.6 Å². The maximum absolute atomic E-state index is 12.5. The standard InChI is InChI=1S/C10H10F4N2O/c11-7-1-3-8(4-2-7)16-9(17)5-15-6-10(12,13)14/h1-4,15H,5-6H2,(H,16,17). The number of amides is 1. The third-order valence-corrected chi connectivity index (χ3v) is 1.74. The Morgan fingerprint density at radius 3 is 2.29 bits per heavy atom. The molecule has 2 N–H and O–H groups in total. The molecule has 0 radical (unpaired) electrons. The summed E-state index contributed by atoms with van der Waals surface area (Å²) in [5, 5.41) is 4.27. The largest absolute Gasteiger partial charge is 0.401 e. The van der Waals surface area contributed by atoms with Gasteiger partial charge >= 0.3 is 6.18 Å². The fourth-order valence-corrected chi connectivity index (χ4v) is 1.06. The molecule has 0 saturated carbocycles. The molecule has 0 heterocycles. The molecule has 3 nitrogen and oxygen atoms in total. The van der Waals surface area contributed by atoms with E-state index < -0.39 is 31.0 Å². The van der Waals surface area contributed by atoms with Gasteiger partial charge in [0.25, 0.3) is 0 Å². The Morgan fingerprint density at radius 1 is 1.18 bits per heavy atom. The van der Waals surface area contributed by atoms with E-state index in [0.717, 1.165) is 12.1 Å². The predicted molar refractivity (Wildman–Crippen MR) is 54.0 cm³/mol. The third-order valence-electron chi connectivity index (χ3n) is 1.74. The number of nitrogens with one attached hydrogen (secondary N) is 2. The molecule has 0 aliphatic heterocycles. The Hall–Kier alpha value is -1.63. The first-order valence-corrected chi connectivity index (χ1v) is 4.70. The van der Waals surface area contributed by atoms with Crippen molar-refractivity contribution in [3.8, 4) is 0 Å². The monoisotopic (exact) mass is 250 g/mol. The van der Waals surface area contributed by atoms with Gasteiger partial charge in [-0.2, -0.15) is 13.2 Å². The average molecular weight is 250 g/mol. The van der Waals surface area contributed by atoms with Gasteiger partial charge in [-0.3, -0.25) is 4.79 Å². The number of carbonyl (C=O) groups is 1. The summed E-state index contributed by atoms with van der Waals surface area (Å²) in [6.45, 7) is -1.69. The van der Waals surface area contributed by atoms with Gasteiger partial charge in [0.1, 0.15) is 5.82 Å². The number of carbonyl (C=O) groups excluding carboxylic acids is 1. The van der Waals surface area contributed by atoms with Gasteiger partial charge in [0.15, 0.2) is 0 Å². The summed E-state index contributed by atoms with van der Waals surface area (Å²) in [5.74, 6) is -1.08. The Labute approximate surface area is 94.8 Å². The SMILES string of the molecule is O=C(CNCC(F)(F)F)Nc1ccc(F)cc1. The zero-order valence-corrected chi connectivity index (χ0v) is 8.64. The second-order valence-electron chi connectivity index (χ2n) is 3.27. The van der Waals surface area contributed by atoms with Gasteiger partial charge in [-0.25, -0.2) is 4.39 Å². The van der Waals surface area contributed by atoms with Crippen LogP contribution in [0.4, 0.5) is 23.2 Å². The van der Waals surface area contributed by atoms with Crippen LogP contribution in [0.2, 0.25) is 0 Å². The predicted octanol–water partition coefficient (Wildman–Crippen LogP) is 1.92. The van der Waals surface area contributed by atoms with Crippen LogP contribution in [-0.4, -0.2) is 25.2 Å². The lowest BCUT2D eigenvalue weighted by Crippen LogP contribution is -2.35. The minimum Gasteiger partial charge on any atom is -0.325 e. The van der Waals surface area contributed by atoms with E-state index in [9.17, 15) is 22.4 Å². The number of rotatable bonds is 4. The molecular formula is C10H10F4N2O. The molecule has 1 amide bonds. The first kappa shape index (κ1) is 13.4. The number of halogens is 4. The van der Waals surface area contributed by atoms with Crippen molar-refractivity contribution in [2.24, 2.45) is 0 Å². The molecule has 0 unspecified atom stereocenters. The molecule has 1 aromatic carbocycles. The second-order valence-corrected chi connectivity index (χ2v) is 3.27. The average Bonchev–Trinajstić information content (AvgIpc) is 2.19. The van der Waals surface area contributed by atoms with Crippen LogP contribution in [0.3, 0.4) is 0 Å². The highest BCUT2D eigenvalue weighted by Gasteiger charge is 2.26. The van der Waals surface area contributed by atoms with Gasteiger partial charge in [0.05, 0.1) is 13.1 Å². The molecule has 0 atom stereocenters. The summed E-state index contributed by atoms with van der Waals surface area (Å²) in [7, 11) is 0. The minimum absolute atomic E-state index is 0.324. The third kappa shape index (κ3) is 5.86. The van der Waals surface area contributed by atoms with Crippen LogP contribution < -0.4 is 10.6 Å². The van der Waals surface area contributed by atoms with Crippen LogP contribution >= 0.6 is 0 Å². The smallest absolute Gasteiger partial charge is 0.325 e. The molecule has 0 aliphatic rings. The Balaban J connectivity index is 2.32. The molecular weight excluding hydrogens is 240 g/mol. The van der Waals surface area contributed by atoms with Crippen LogP contribution in [0.1, 0.15) is 0 Å². The van der Waals surface area contributed by atoms with E-state index in [1.54, 1.807) is 0 Å². The molecule has 0 spiro atoms. The van der Waals surface area contributed by atoms with Crippen molar-refractivity contribution in [2.75, 3.05) is 18.4 Å². The summed E-state index contributed by atoms with van der Waals surface area (Å²) in [6, 6.07) is 4.91. The molecule has 7 heteroatoms. The van der Waals surface area contributed by atoms with Crippen LogP contribution in [0.5, 0.6) is 0 Å². The second kappa shape index (κ2) is 5.62. The number of alkyl halides is 3. The van der Waals surface area contributed by atoms with Gasteiger partial charge in [0, 0.05) is 5.69 Å². The Bertz CT molecular complexity index is 375. The lowest BCUT2D eigenvalue weighted by molar-refractivity contribution is -0.126. The molecule has 17 heavy (non-hydrogen) atoms. The van der Waals surface area contributed by atoms with Crippen molar-refractivity contribution in [1.82, 2.24) is 5.32 Å². The zero-order chi connectivity index (χ0) is 12.9. The summed E-state index contributed by atoms with van der Waals surface area (Å²) in [5.41, 5.74) is 0.324. The Morgan fingerprint density at radius 2 is 1.76 bits per heavy atom. The van der Waals surface area contributed by atoms with E-state index in [4.69, 9.17) is 0 Å². The van der Waals surface area contributed by atoms with Crippen molar-refractivity contribution < 1.29 is 22.4 Å². The number of benzene rings is 1. The van der Waals surface area contributed by atoms with E-state index in [2.05, 4.69) is 5.32 Å². The number of hydrogen-bond donors (Lipinski definition) is 2. The number of anilines is 1. The minimum atomic E-state index is -4.35. The quantitative estimate of drug-likeness (QED) is 0.801. The van der Waals surface area contributed by atoms with Crippen LogP contribution in [0.25, 0.3) is 0 Å². The highest BCUT2D eigenvalue weighted by atomic mass is 19.4. The van der Waals surface area contributed by atoms with E-state index >= 15 is 0 Å². The van der Waals surface area contributed by atoms with E-state index in [-0.39, 0.29) is 0 Å². The summed E-state index contributed by atoms with van der Waals surface area (Å²) in [4.78, 5) is 11.1. The topological polar surface area (TPSA) is 41.1 Å². The summed E-state index contributed by atoms with van der Waals surface area (Å²) < 4.78 is 47.7. The molecule has 0 aromatic heterocycles. The van der Waals surface area contributed by atoms with E-state index in [1.165, 1.54) is 12.1 Å². The maximum Gasteiger partial charge on any atom is 0.401 e. The number of hydrogen-bond acceptors (Lipinski definition) is 2.